The molecule has 3 heteroatoms. The van der Waals surface area contributed by atoms with Crippen LogP contribution in [-0.4, -0.2) is 25.3 Å². The van der Waals surface area contributed by atoms with Crippen LogP contribution in [0.2, 0.25) is 0 Å². The minimum Gasteiger partial charge on any atom is -0.466 e. The van der Waals surface area contributed by atoms with Crippen LogP contribution in [-0.2, 0) is 14.3 Å². The van der Waals surface area contributed by atoms with E-state index in [4.69, 9.17) is 9.47 Å². The predicted molar refractivity (Wildman–Crippen MR) is 67.8 cm³/mol. The molecule has 0 aliphatic heterocycles. The standard InChI is InChI=1S/C14H26O3/c1-5-16-13(15)6-7-17-12-8-11(2)9-14(3,4)10-12/h11-12H,5-10H2,1-4H3. The van der Waals surface area contributed by atoms with Gasteiger partial charge in [-0.1, -0.05) is 20.8 Å². The molecule has 0 spiro atoms. The van der Waals surface area contributed by atoms with Crippen LogP contribution in [0, 0.1) is 11.3 Å². The van der Waals surface area contributed by atoms with Crippen molar-refractivity contribution in [3.63, 3.8) is 0 Å². The second-order valence-electron chi connectivity index (χ2n) is 5.96. The number of hydrogen-bond donors (Lipinski definition) is 0. The van der Waals surface area contributed by atoms with Gasteiger partial charge in [-0.05, 0) is 37.5 Å². The summed E-state index contributed by atoms with van der Waals surface area (Å²) in [6, 6.07) is 0. The van der Waals surface area contributed by atoms with E-state index in [0.717, 1.165) is 12.8 Å². The third-order valence-corrected chi connectivity index (χ3v) is 3.31. The van der Waals surface area contributed by atoms with E-state index in [9.17, 15) is 4.79 Å². The van der Waals surface area contributed by atoms with Crippen molar-refractivity contribution in [3.8, 4) is 0 Å². The summed E-state index contributed by atoms with van der Waals surface area (Å²) in [5, 5.41) is 0. The maximum Gasteiger partial charge on any atom is 0.308 e. The monoisotopic (exact) mass is 242 g/mol. The molecule has 0 saturated heterocycles. The van der Waals surface area contributed by atoms with E-state index in [0.29, 0.717) is 37.1 Å². The average Bonchev–Trinajstić information content (AvgIpc) is 2.14. The van der Waals surface area contributed by atoms with Gasteiger partial charge in [0.25, 0.3) is 0 Å². The highest BCUT2D eigenvalue weighted by Crippen LogP contribution is 2.39. The van der Waals surface area contributed by atoms with Gasteiger partial charge in [0.2, 0.25) is 0 Å². The summed E-state index contributed by atoms with van der Waals surface area (Å²) >= 11 is 0. The Bertz CT molecular complexity index is 248. The number of hydrogen-bond acceptors (Lipinski definition) is 3. The topological polar surface area (TPSA) is 35.5 Å². The van der Waals surface area contributed by atoms with Gasteiger partial charge in [-0.2, -0.15) is 0 Å². The minimum atomic E-state index is -0.157. The molecule has 0 N–H and O–H groups in total. The van der Waals surface area contributed by atoms with E-state index in [2.05, 4.69) is 20.8 Å². The Kier molecular flexibility index (Phi) is 5.44. The molecule has 1 aliphatic rings. The normalized spacial score (nSPS) is 27.8. The van der Waals surface area contributed by atoms with E-state index >= 15 is 0 Å². The molecular weight excluding hydrogens is 216 g/mol. The molecule has 1 saturated carbocycles. The molecule has 0 aromatic carbocycles. The van der Waals surface area contributed by atoms with Crippen LogP contribution >= 0.6 is 0 Å². The average molecular weight is 242 g/mol. The Labute approximate surface area is 105 Å². The highest BCUT2D eigenvalue weighted by Gasteiger charge is 2.32. The van der Waals surface area contributed by atoms with Gasteiger partial charge >= 0.3 is 5.97 Å². The van der Waals surface area contributed by atoms with Gasteiger partial charge < -0.3 is 9.47 Å². The first kappa shape index (κ1) is 14.5. The zero-order chi connectivity index (χ0) is 12.9. The molecule has 1 fully saturated rings. The van der Waals surface area contributed by atoms with Crippen LogP contribution in [0.4, 0.5) is 0 Å². The highest BCUT2D eigenvalue weighted by atomic mass is 16.5. The molecule has 0 bridgehead atoms. The van der Waals surface area contributed by atoms with Gasteiger partial charge in [0.15, 0.2) is 0 Å². The fraction of sp³-hybridized carbons (Fsp3) is 0.929. The fourth-order valence-electron chi connectivity index (χ4n) is 2.93. The van der Waals surface area contributed by atoms with Gasteiger partial charge in [0.1, 0.15) is 0 Å². The third-order valence-electron chi connectivity index (χ3n) is 3.31. The molecule has 3 nitrogen and oxygen atoms in total. The molecule has 17 heavy (non-hydrogen) atoms. The predicted octanol–water partition coefficient (Wildman–Crippen LogP) is 3.17. The van der Waals surface area contributed by atoms with Crippen molar-refractivity contribution in [2.75, 3.05) is 13.2 Å². The lowest BCUT2D eigenvalue weighted by Crippen LogP contribution is -2.33. The van der Waals surface area contributed by atoms with Crippen LogP contribution in [0.25, 0.3) is 0 Å². The summed E-state index contributed by atoms with van der Waals surface area (Å²) in [6.45, 7) is 9.64. The maximum atomic E-state index is 11.2. The first-order valence-electron chi connectivity index (χ1n) is 6.70. The van der Waals surface area contributed by atoms with Crippen molar-refractivity contribution >= 4 is 5.97 Å². The minimum absolute atomic E-state index is 0.157. The highest BCUT2D eigenvalue weighted by molar-refractivity contribution is 5.69. The SMILES string of the molecule is CCOC(=O)CCOC1CC(C)CC(C)(C)C1. The van der Waals surface area contributed by atoms with E-state index in [1.807, 2.05) is 6.92 Å². The van der Waals surface area contributed by atoms with Crippen molar-refractivity contribution < 1.29 is 14.3 Å². The molecule has 0 aromatic heterocycles. The zero-order valence-corrected chi connectivity index (χ0v) is 11.6. The van der Waals surface area contributed by atoms with Crippen molar-refractivity contribution in [1.82, 2.24) is 0 Å². The summed E-state index contributed by atoms with van der Waals surface area (Å²) in [4.78, 5) is 11.2. The Morgan fingerprint density at radius 3 is 2.65 bits per heavy atom. The third kappa shape index (κ3) is 5.53. The summed E-state index contributed by atoms with van der Waals surface area (Å²) in [6.07, 6.45) is 4.17. The largest absolute Gasteiger partial charge is 0.466 e. The molecule has 0 heterocycles. The van der Waals surface area contributed by atoms with Gasteiger partial charge in [-0.25, -0.2) is 0 Å². The van der Waals surface area contributed by atoms with E-state index < -0.39 is 0 Å². The van der Waals surface area contributed by atoms with Crippen LogP contribution in [0.3, 0.4) is 0 Å². The van der Waals surface area contributed by atoms with Crippen LogP contribution in [0.1, 0.15) is 53.4 Å². The fourth-order valence-corrected chi connectivity index (χ4v) is 2.93. The zero-order valence-electron chi connectivity index (χ0n) is 11.6. The quantitative estimate of drug-likeness (QED) is 0.695. The van der Waals surface area contributed by atoms with Crippen molar-refractivity contribution in [2.24, 2.45) is 11.3 Å². The molecule has 0 radical (unpaired) electrons. The first-order chi connectivity index (χ1) is 7.93. The molecule has 2 unspecified atom stereocenters. The summed E-state index contributed by atoms with van der Waals surface area (Å²) in [7, 11) is 0. The summed E-state index contributed by atoms with van der Waals surface area (Å²) in [5.41, 5.74) is 0.367. The number of carbonyl (C=O) groups is 1. The second kappa shape index (κ2) is 6.39. The molecule has 0 aromatic rings. The maximum absolute atomic E-state index is 11.2. The van der Waals surface area contributed by atoms with E-state index in [1.165, 1.54) is 6.42 Å². The second-order valence-corrected chi connectivity index (χ2v) is 5.96. The van der Waals surface area contributed by atoms with Crippen LogP contribution in [0.5, 0.6) is 0 Å². The number of esters is 1. The number of rotatable bonds is 5. The molecule has 2 atom stereocenters. The number of carbonyl (C=O) groups excluding carboxylic acids is 1. The Balaban J connectivity index is 2.25. The molecule has 1 rings (SSSR count). The van der Waals surface area contributed by atoms with E-state index in [1.54, 1.807) is 0 Å². The molecule has 1 aliphatic carbocycles. The Morgan fingerprint density at radius 1 is 1.35 bits per heavy atom. The lowest BCUT2D eigenvalue weighted by atomic mass is 9.71. The summed E-state index contributed by atoms with van der Waals surface area (Å²) < 4.78 is 10.7. The Morgan fingerprint density at radius 2 is 2.06 bits per heavy atom. The smallest absolute Gasteiger partial charge is 0.308 e. The lowest BCUT2D eigenvalue weighted by Gasteiger charge is -2.38. The van der Waals surface area contributed by atoms with Crippen LogP contribution in [0.15, 0.2) is 0 Å². The van der Waals surface area contributed by atoms with Gasteiger partial charge in [-0.15, -0.1) is 0 Å². The molecule has 100 valence electrons. The Hall–Kier alpha value is -0.570. The van der Waals surface area contributed by atoms with Gasteiger partial charge in [0.05, 0.1) is 25.7 Å². The van der Waals surface area contributed by atoms with Gasteiger partial charge in [0, 0.05) is 0 Å². The lowest BCUT2D eigenvalue weighted by molar-refractivity contribution is -0.145. The van der Waals surface area contributed by atoms with Gasteiger partial charge in [-0.3, -0.25) is 4.79 Å². The van der Waals surface area contributed by atoms with Crippen molar-refractivity contribution in [2.45, 2.75) is 59.5 Å². The first-order valence-corrected chi connectivity index (χ1v) is 6.70. The molecule has 0 amide bonds. The van der Waals surface area contributed by atoms with Crippen molar-refractivity contribution in [3.05, 3.63) is 0 Å². The number of ether oxygens (including phenoxy) is 2. The van der Waals surface area contributed by atoms with Crippen molar-refractivity contribution in [1.29, 1.82) is 0 Å². The summed E-state index contributed by atoms with van der Waals surface area (Å²) in [5.74, 6) is 0.557. The van der Waals surface area contributed by atoms with E-state index in [-0.39, 0.29) is 5.97 Å². The molecular formula is C14H26O3. The van der Waals surface area contributed by atoms with Crippen LogP contribution < -0.4 is 0 Å².